The first-order chi connectivity index (χ1) is 17.9. The molecule has 3 aromatic carbocycles. The zero-order chi connectivity index (χ0) is 26.4. The van der Waals surface area contributed by atoms with E-state index in [-0.39, 0.29) is 11.4 Å². The Kier molecular flexibility index (Phi) is 7.96. The largest absolute Gasteiger partial charge is 0.493 e. The number of benzene rings is 3. The van der Waals surface area contributed by atoms with Gasteiger partial charge in [-0.15, -0.1) is 0 Å². The summed E-state index contributed by atoms with van der Waals surface area (Å²) in [7, 11) is -0.927. The van der Waals surface area contributed by atoms with Crippen LogP contribution >= 0.6 is 0 Å². The summed E-state index contributed by atoms with van der Waals surface area (Å²) in [5, 5.41) is 12.1. The second-order valence-corrected chi connectivity index (χ2v) is 10.4. The van der Waals surface area contributed by atoms with Crippen molar-refractivity contribution in [3.63, 3.8) is 0 Å². The average molecular weight is 520 g/mol. The third-order valence-electron chi connectivity index (χ3n) is 6.29. The van der Waals surface area contributed by atoms with Crippen molar-refractivity contribution < 1.29 is 17.9 Å². The summed E-state index contributed by atoms with van der Waals surface area (Å²) in [5.74, 6) is 1.16. The van der Waals surface area contributed by atoms with E-state index in [9.17, 15) is 13.7 Å². The molecule has 1 atom stereocenters. The molecule has 3 aromatic rings. The third-order valence-corrected chi connectivity index (χ3v) is 8.19. The van der Waals surface area contributed by atoms with Crippen LogP contribution in [0.5, 0.6) is 11.5 Å². The first-order valence-electron chi connectivity index (χ1n) is 11.7. The van der Waals surface area contributed by atoms with E-state index in [1.54, 1.807) is 6.07 Å². The minimum Gasteiger partial charge on any atom is -0.493 e. The molecule has 37 heavy (non-hydrogen) atoms. The minimum atomic E-state index is -3.90. The van der Waals surface area contributed by atoms with Crippen molar-refractivity contribution in [2.75, 3.05) is 33.9 Å². The van der Waals surface area contributed by atoms with Gasteiger partial charge in [-0.05, 0) is 36.2 Å². The molecule has 0 aromatic heterocycles. The van der Waals surface area contributed by atoms with Gasteiger partial charge in [0.15, 0.2) is 17.7 Å². The summed E-state index contributed by atoms with van der Waals surface area (Å²) in [6.45, 7) is 2.78. The number of piperazine rings is 1. The van der Waals surface area contributed by atoms with Gasteiger partial charge in [-0.2, -0.15) is 9.57 Å². The van der Waals surface area contributed by atoms with Crippen LogP contribution in [-0.4, -0.2) is 57.4 Å². The number of para-hydroxylation sites is 1. The fourth-order valence-electron chi connectivity index (χ4n) is 4.34. The van der Waals surface area contributed by atoms with Gasteiger partial charge in [0.05, 0.1) is 30.8 Å². The van der Waals surface area contributed by atoms with Crippen molar-refractivity contribution in [3.8, 4) is 17.7 Å². The summed E-state index contributed by atoms with van der Waals surface area (Å²) >= 11 is 0. The van der Waals surface area contributed by atoms with Gasteiger partial charge in [0.1, 0.15) is 0 Å². The van der Waals surface area contributed by atoms with Crippen molar-refractivity contribution >= 4 is 21.7 Å². The molecule has 0 aliphatic carbocycles. The van der Waals surface area contributed by atoms with Gasteiger partial charge in [-0.3, -0.25) is 5.32 Å². The number of nitriles is 1. The average Bonchev–Trinajstić information content (AvgIpc) is 2.93. The highest BCUT2D eigenvalue weighted by atomic mass is 32.2. The fourth-order valence-corrected chi connectivity index (χ4v) is 5.95. The zero-order valence-electron chi connectivity index (χ0n) is 21.0. The van der Waals surface area contributed by atoms with Crippen LogP contribution in [-0.2, 0) is 10.0 Å². The Hall–Kier alpha value is -4.07. The molecule has 1 aliphatic rings. The van der Waals surface area contributed by atoms with E-state index in [0.717, 1.165) is 16.8 Å². The van der Waals surface area contributed by atoms with Gasteiger partial charge < -0.3 is 14.4 Å². The number of aliphatic imine (C=N–C) groups is 1. The number of nitrogens with zero attached hydrogens (tertiary/aromatic N) is 4. The van der Waals surface area contributed by atoms with Crippen LogP contribution in [0.25, 0.3) is 0 Å². The number of ether oxygens (including phenoxy) is 2. The van der Waals surface area contributed by atoms with Crippen molar-refractivity contribution in [2.45, 2.75) is 17.9 Å². The molecule has 0 spiro atoms. The van der Waals surface area contributed by atoms with Gasteiger partial charge in [0, 0.05) is 25.7 Å². The molecule has 9 nitrogen and oxygen atoms in total. The molecule has 192 valence electrons. The molecule has 4 rings (SSSR count). The second kappa shape index (κ2) is 11.3. The molecule has 0 bridgehead atoms. The zero-order valence-corrected chi connectivity index (χ0v) is 21.8. The molecule has 0 saturated carbocycles. The van der Waals surface area contributed by atoms with Gasteiger partial charge in [0.2, 0.25) is 16.0 Å². The Bertz CT molecular complexity index is 1420. The maximum absolute atomic E-state index is 13.9. The first-order valence-corrected chi connectivity index (χ1v) is 13.2. The highest BCUT2D eigenvalue weighted by Gasteiger charge is 2.38. The van der Waals surface area contributed by atoms with Crippen LogP contribution in [0.1, 0.15) is 17.2 Å². The van der Waals surface area contributed by atoms with Crippen molar-refractivity contribution in [1.82, 2.24) is 14.5 Å². The lowest BCUT2D eigenvalue weighted by molar-refractivity contribution is 0.192. The minimum absolute atomic E-state index is 0.114. The highest BCUT2D eigenvalue weighted by Crippen LogP contribution is 2.35. The summed E-state index contributed by atoms with van der Waals surface area (Å²) in [6.07, 6.45) is 1.97. The summed E-state index contributed by atoms with van der Waals surface area (Å²) < 4.78 is 39.9. The smallest absolute Gasteiger partial charge is 0.243 e. The topological polar surface area (TPSA) is 107 Å². The Balaban J connectivity index is 1.72. The van der Waals surface area contributed by atoms with Crippen molar-refractivity contribution in [2.24, 2.45) is 4.99 Å². The summed E-state index contributed by atoms with van der Waals surface area (Å²) in [4.78, 5) is 6.72. The van der Waals surface area contributed by atoms with Crippen LogP contribution < -0.4 is 14.8 Å². The number of nitrogens with one attached hydrogen (secondary N) is 1. The first kappa shape index (κ1) is 26.0. The lowest BCUT2D eigenvalue weighted by Crippen LogP contribution is -2.54. The Morgan fingerprint density at radius 1 is 1.00 bits per heavy atom. The maximum atomic E-state index is 13.9. The molecule has 0 amide bonds. The molecule has 10 heteroatoms. The van der Waals surface area contributed by atoms with Gasteiger partial charge in [-0.1, -0.05) is 48.5 Å². The van der Waals surface area contributed by atoms with E-state index < -0.39 is 16.1 Å². The monoisotopic (exact) mass is 519 g/mol. The molecule has 1 heterocycles. The lowest BCUT2D eigenvalue weighted by atomic mass is 10.0. The van der Waals surface area contributed by atoms with Gasteiger partial charge in [0.25, 0.3) is 0 Å². The summed E-state index contributed by atoms with van der Waals surface area (Å²) in [6, 6.07) is 21.2. The predicted molar refractivity (Wildman–Crippen MR) is 141 cm³/mol. The molecule has 1 unspecified atom stereocenters. The van der Waals surface area contributed by atoms with Gasteiger partial charge in [-0.25, -0.2) is 13.4 Å². The number of methoxy groups -OCH3 is 2. The number of sulfonamides is 1. The Labute approximate surface area is 217 Å². The van der Waals surface area contributed by atoms with Crippen LogP contribution in [0, 0.1) is 18.4 Å². The molecule has 1 N–H and O–H groups in total. The number of rotatable bonds is 6. The molecule has 0 radical (unpaired) electrons. The third kappa shape index (κ3) is 5.53. The molecule has 1 aliphatic heterocycles. The number of hydrogen-bond donors (Lipinski definition) is 1. The van der Waals surface area contributed by atoms with E-state index in [2.05, 4.69) is 5.32 Å². The normalized spacial score (nSPS) is 16.6. The molecule has 1 fully saturated rings. The molecular weight excluding hydrogens is 490 g/mol. The van der Waals surface area contributed by atoms with E-state index in [0.29, 0.717) is 30.5 Å². The van der Waals surface area contributed by atoms with E-state index >= 15 is 0 Å². The highest BCUT2D eigenvalue weighted by molar-refractivity contribution is 7.89. The number of aryl methyl sites for hydroxylation is 1. The van der Waals surface area contributed by atoms with E-state index in [1.807, 2.05) is 72.6 Å². The second-order valence-electron chi connectivity index (χ2n) is 8.46. The molecular formula is C27H29N5O4S. The van der Waals surface area contributed by atoms with Crippen LogP contribution in [0.3, 0.4) is 0 Å². The predicted octanol–water partition coefficient (Wildman–Crippen LogP) is 3.82. The number of guanidine groups is 1. The van der Waals surface area contributed by atoms with Gasteiger partial charge >= 0.3 is 0 Å². The quantitative estimate of drug-likeness (QED) is 0.228. The van der Waals surface area contributed by atoms with Crippen molar-refractivity contribution in [1.29, 1.82) is 5.26 Å². The SMILES string of the molecule is COc1ccc(S(=O)(=O)N2CCN(C(=Nc3ccccc3C)NC#N)CC2c2ccccc2)cc1OC. The maximum Gasteiger partial charge on any atom is 0.243 e. The molecule has 1 saturated heterocycles. The summed E-state index contributed by atoms with van der Waals surface area (Å²) in [5.41, 5.74) is 2.54. The van der Waals surface area contributed by atoms with Crippen LogP contribution in [0.15, 0.2) is 82.7 Å². The Morgan fingerprint density at radius 3 is 2.38 bits per heavy atom. The fraction of sp³-hybridized carbons (Fsp3) is 0.259. The van der Waals surface area contributed by atoms with Crippen LogP contribution in [0.2, 0.25) is 0 Å². The number of hydrogen-bond acceptors (Lipinski definition) is 6. The standard InChI is InChI=1S/C27H29N5O4S/c1-20-9-7-8-12-23(20)30-27(29-19-28)31-15-16-32(24(18-31)21-10-5-4-6-11-21)37(33,34)22-13-14-25(35-2)26(17-22)36-3/h4-14,17,24H,15-16,18H2,1-3H3,(H,29,30). The Morgan fingerprint density at radius 2 is 1.70 bits per heavy atom. The van der Waals surface area contributed by atoms with Crippen LogP contribution in [0.4, 0.5) is 5.69 Å². The van der Waals surface area contributed by atoms with E-state index in [1.165, 1.54) is 30.7 Å². The van der Waals surface area contributed by atoms with Crippen molar-refractivity contribution in [3.05, 3.63) is 83.9 Å². The van der Waals surface area contributed by atoms with E-state index in [4.69, 9.17) is 14.5 Å². The lowest BCUT2D eigenvalue weighted by Gasteiger charge is -2.41.